The molecule has 0 amide bonds. The third kappa shape index (κ3) is 6.13. The van der Waals surface area contributed by atoms with Gasteiger partial charge >= 0.3 is 0 Å². The van der Waals surface area contributed by atoms with E-state index in [0.717, 1.165) is 34.1 Å². The molecule has 45 heavy (non-hydrogen) atoms. The first-order valence-electron chi connectivity index (χ1n) is 15.4. The van der Waals surface area contributed by atoms with Gasteiger partial charge in [-0.05, 0) is 108 Å². The summed E-state index contributed by atoms with van der Waals surface area (Å²) in [5.74, 6) is 0. The van der Waals surface area contributed by atoms with E-state index in [1.54, 1.807) is 0 Å². The summed E-state index contributed by atoms with van der Waals surface area (Å²) in [7, 11) is 0. The molecule has 0 saturated carbocycles. The minimum absolute atomic E-state index is 1.13. The van der Waals surface area contributed by atoms with Crippen LogP contribution in [0.15, 0.2) is 188 Å². The second kappa shape index (κ2) is 12.8. The fourth-order valence-corrected chi connectivity index (χ4v) is 5.85. The van der Waals surface area contributed by atoms with Gasteiger partial charge in [-0.2, -0.15) is 0 Å². The Kier molecular flexibility index (Phi) is 7.94. The van der Waals surface area contributed by atoms with Crippen LogP contribution >= 0.6 is 0 Å². The van der Waals surface area contributed by atoms with Gasteiger partial charge in [-0.25, -0.2) is 0 Å². The number of nitrogens with zero attached hydrogens (tertiary/aromatic N) is 2. The standard InChI is InChI=1S/C43H34N2/c1-33-12-11-19-43(32-33)45(40-17-9-4-10-18-40)42-30-26-37(27-31-42)35-22-20-34(21-23-35)36-24-28-41(29-25-36)44(38-13-5-2-6-14-38)39-15-7-3-8-16-39/h2-32H,1H3. The zero-order valence-electron chi connectivity index (χ0n) is 25.3. The average molecular weight is 579 g/mol. The van der Waals surface area contributed by atoms with Crippen LogP contribution in [0.5, 0.6) is 0 Å². The van der Waals surface area contributed by atoms with Crippen molar-refractivity contribution in [2.24, 2.45) is 0 Å². The van der Waals surface area contributed by atoms with Gasteiger partial charge in [0.15, 0.2) is 0 Å². The Hall–Kier alpha value is -5.86. The maximum atomic E-state index is 2.31. The van der Waals surface area contributed by atoms with Gasteiger partial charge in [-0.15, -0.1) is 0 Å². The fraction of sp³-hybridized carbons (Fsp3) is 0.0233. The maximum Gasteiger partial charge on any atom is 0.0464 e. The van der Waals surface area contributed by atoms with Crippen molar-refractivity contribution < 1.29 is 0 Å². The largest absolute Gasteiger partial charge is 0.311 e. The van der Waals surface area contributed by atoms with E-state index in [1.807, 2.05) is 0 Å². The molecule has 0 aliphatic carbocycles. The Balaban J connectivity index is 1.13. The zero-order chi connectivity index (χ0) is 30.4. The van der Waals surface area contributed by atoms with E-state index in [4.69, 9.17) is 0 Å². The molecule has 0 radical (unpaired) electrons. The molecule has 0 saturated heterocycles. The summed E-state index contributed by atoms with van der Waals surface area (Å²) in [6.45, 7) is 2.14. The lowest BCUT2D eigenvalue weighted by Gasteiger charge is -2.26. The van der Waals surface area contributed by atoms with Gasteiger partial charge in [0.2, 0.25) is 0 Å². The van der Waals surface area contributed by atoms with E-state index in [0.29, 0.717) is 0 Å². The van der Waals surface area contributed by atoms with Crippen LogP contribution in [-0.2, 0) is 0 Å². The highest BCUT2D eigenvalue weighted by Crippen LogP contribution is 2.37. The van der Waals surface area contributed by atoms with Crippen LogP contribution in [0.1, 0.15) is 5.56 Å². The minimum atomic E-state index is 1.13. The lowest BCUT2D eigenvalue weighted by molar-refractivity contribution is 1.27. The molecule has 0 aromatic heterocycles. The minimum Gasteiger partial charge on any atom is -0.311 e. The van der Waals surface area contributed by atoms with Gasteiger partial charge in [0.25, 0.3) is 0 Å². The van der Waals surface area contributed by atoms with Crippen molar-refractivity contribution in [2.45, 2.75) is 6.92 Å². The van der Waals surface area contributed by atoms with Crippen molar-refractivity contribution in [2.75, 3.05) is 9.80 Å². The summed E-state index contributed by atoms with van der Waals surface area (Å²) in [6.07, 6.45) is 0. The predicted octanol–water partition coefficient (Wildman–Crippen LogP) is 12.3. The first kappa shape index (κ1) is 27.9. The van der Waals surface area contributed by atoms with E-state index in [2.05, 4.69) is 205 Å². The van der Waals surface area contributed by atoms with Crippen molar-refractivity contribution in [1.82, 2.24) is 0 Å². The third-order valence-electron chi connectivity index (χ3n) is 8.11. The molecule has 0 unspecified atom stereocenters. The Labute approximate surface area is 266 Å². The molecule has 0 aliphatic heterocycles. The number of hydrogen-bond donors (Lipinski definition) is 0. The van der Waals surface area contributed by atoms with E-state index < -0.39 is 0 Å². The topological polar surface area (TPSA) is 6.48 Å². The van der Waals surface area contributed by atoms with Gasteiger partial charge < -0.3 is 9.80 Å². The molecule has 2 heteroatoms. The molecule has 2 nitrogen and oxygen atoms in total. The first-order valence-corrected chi connectivity index (χ1v) is 15.4. The lowest BCUT2D eigenvalue weighted by Crippen LogP contribution is -2.09. The molecule has 0 N–H and O–H groups in total. The summed E-state index contributed by atoms with van der Waals surface area (Å²) < 4.78 is 0. The highest BCUT2D eigenvalue weighted by Gasteiger charge is 2.14. The number of benzene rings is 7. The highest BCUT2D eigenvalue weighted by atomic mass is 15.1. The first-order chi connectivity index (χ1) is 22.2. The monoisotopic (exact) mass is 578 g/mol. The Morgan fingerprint density at radius 2 is 0.556 bits per heavy atom. The molecule has 0 bridgehead atoms. The van der Waals surface area contributed by atoms with Crippen LogP contribution in [0, 0.1) is 6.92 Å². The van der Waals surface area contributed by atoms with E-state index >= 15 is 0 Å². The van der Waals surface area contributed by atoms with Crippen LogP contribution in [0.2, 0.25) is 0 Å². The molecule has 7 aromatic carbocycles. The third-order valence-corrected chi connectivity index (χ3v) is 8.11. The van der Waals surface area contributed by atoms with Crippen LogP contribution in [0.4, 0.5) is 34.1 Å². The molecular weight excluding hydrogens is 544 g/mol. The normalized spacial score (nSPS) is 10.8. The van der Waals surface area contributed by atoms with Gasteiger partial charge in [0.05, 0.1) is 0 Å². The predicted molar refractivity (Wildman–Crippen MR) is 191 cm³/mol. The van der Waals surface area contributed by atoms with Crippen molar-refractivity contribution in [3.8, 4) is 22.3 Å². The van der Waals surface area contributed by atoms with E-state index in [9.17, 15) is 0 Å². The Morgan fingerprint density at radius 3 is 0.911 bits per heavy atom. The molecular formula is C43H34N2. The molecule has 7 aromatic rings. The average Bonchev–Trinajstić information content (AvgIpc) is 3.11. The summed E-state index contributed by atoms with van der Waals surface area (Å²) in [5.41, 5.74) is 12.8. The van der Waals surface area contributed by atoms with Crippen LogP contribution < -0.4 is 9.80 Å². The van der Waals surface area contributed by atoms with E-state index in [-0.39, 0.29) is 0 Å². The molecule has 0 spiro atoms. The van der Waals surface area contributed by atoms with Gasteiger partial charge in [0.1, 0.15) is 0 Å². The maximum absolute atomic E-state index is 2.31. The summed E-state index contributed by atoms with van der Waals surface area (Å²) in [5, 5.41) is 0. The SMILES string of the molecule is Cc1cccc(N(c2ccccc2)c2ccc(-c3ccc(-c4ccc(N(c5ccccc5)c5ccccc5)cc4)cc3)cc2)c1. The molecule has 0 atom stereocenters. The summed E-state index contributed by atoms with van der Waals surface area (Å²) >= 11 is 0. The van der Waals surface area contributed by atoms with Gasteiger partial charge in [-0.3, -0.25) is 0 Å². The smallest absolute Gasteiger partial charge is 0.0464 e. The van der Waals surface area contributed by atoms with Crippen LogP contribution in [-0.4, -0.2) is 0 Å². The summed E-state index contributed by atoms with van der Waals surface area (Å²) in [6, 6.07) is 66.8. The number of rotatable bonds is 8. The Morgan fingerprint density at radius 1 is 0.267 bits per heavy atom. The quantitative estimate of drug-likeness (QED) is 0.177. The number of para-hydroxylation sites is 3. The second-order valence-electron chi connectivity index (χ2n) is 11.2. The zero-order valence-corrected chi connectivity index (χ0v) is 25.3. The number of anilines is 6. The van der Waals surface area contributed by atoms with Gasteiger partial charge in [0, 0.05) is 34.1 Å². The van der Waals surface area contributed by atoms with E-state index in [1.165, 1.54) is 27.8 Å². The van der Waals surface area contributed by atoms with Crippen molar-refractivity contribution in [1.29, 1.82) is 0 Å². The molecule has 216 valence electrons. The highest BCUT2D eigenvalue weighted by molar-refractivity contribution is 5.80. The molecule has 0 heterocycles. The number of hydrogen-bond acceptors (Lipinski definition) is 2. The van der Waals surface area contributed by atoms with Gasteiger partial charge in [-0.1, -0.05) is 115 Å². The van der Waals surface area contributed by atoms with Crippen LogP contribution in [0.3, 0.4) is 0 Å². The van der Waals surface area contributed by atoms with Crippen molar-refractivity contribution >= 4 is 34.1 Å². The van der Waals surface area contributed by atoms with Crippen LogP contribution in [0.25, 0.3) is 22.3 Å². The fourth-order valence-electron chi connectivity index (χ4n) is 5.85. The molecule has 0 fully saturated rings. The molecule has 7 rings (SSSR count). The molecule has 0 aliphatic rings. The lowest BCUT2D eigenvalue weighted by atomic mass is 9.99. The summed E-state index contributed by atoms with van der Waals surface area (Å²) in [4.78, 5) is 4.59. The second-order valence-corrected chi connectivity index (χ2v) is 11.2. The van der Waals surface area contributed by atoms with Crippen molar-refractivity contribution in [3.05, 3.63) is 194 Å². The Bertz CT molecular complexity index is 1930. The van der Waals surface area contributed by atoms with Crippen molar-refractivity contribution in [3.63, 3.8) is 0 Å². The number of aryl methyl sites for hydroxylation is 1.